The molecule has 4 aromatic rings. The summed E-state index contributed by atoms with van der Waals surface area (Å²) in [6.07, 6.45) is 1.72. The molecule has 0 unspecified atom stereocenters. The number of para-hydroxylation sites is 1. The van der Waals surface area contributed by atoms with E-state index in [1.54, 1.807) is 29.1 Å². The van der Waals surface area contributed by atoms with Gasteiger partial charge in [-0.25, -0.2) is 4.68 Å². The second kappa shape index (κ2) is 10.4. The lowest BCUT2D eigenvalue weighted by molar-refractivity contribution is -0.116. The van der Waals surface area contributed by atoms with E-state index in [0.29, 0.717) is 48.2 Å². The van der Waals surface area contributed by atoms with Crippen molar-refractivity contribution in [3.05, 3.63) is 90.6 Å². The number of nitrogens with one attached hydrogen (secondary N) is 1. The van der Waals surface area contributed by atoms with Crippen molar-refractivity contribution in [2.75, 3.05) is 31.6 Å². The monoisotopic (exact) mass is 482 g/mol. The van der Waals surface area contributed by atoms with E-state index in [4.69, 9.17) is 14.6 Å². The second-order valence-corrected chi connectivity index (χ2v) is 8.26. The van der Waals surface area contributed by atoms with Gasteiger partial charge in [-0.15, -0.1) is 0 Å². The molecule has 8 heteroatoms. The van der Waals surface area contributed by atoms with Crippen LogP contribution in [0.4, 0.5) is 5.69 Å². The third-order valence-electron chi connectivity index (χ3n) is 5.84. The standard InChI is InChI=1S/C28H26N4O4/c1-2-31(19-26(33)29-21-13-14-24-25(17-21)36-16-15-35-24)28(34)23-18-32(22-11-7-4-8-12-22)30-27(23)20-9-5-3-6-10-20/h3-14,17-18H,2,15-16,19H2,1H3,(H,29,33). The Morgan fingerprint density at radius 2 is 1.64 bits per heavy atom. The van der Waals surface area contributed by atoms with Crippen LogP contribution in [-0.4, -0.2) is 52.8 Å². The zero-order valence-corrected chi connectivity index (χ0v) is 19.9. The summed E-state index contributed by atoms with van der Waals surface area (Å²) in [6.45, 7) is 3.06. The van der Waals surface area contributed by atoms with Gasteiger partial charge in [0.1, 0.15) is 25.5 Å². The Kier molecular flexibility index (Phi) is 6.66. The summed E-state index contributed by atoms with van der Waals surface area (Å²) < 4.78 is 12.8. The van der Waals surface area contributed by atoms with E-state index in [-0.39, 0.29) is 18.4 Å². The molecule has 0 saturated heterocycles. The molecule has 36 heavy (non-hydrogen) atoms. The van der Waals surface area contributed by atoms with Crippen LogP contribution in [0.3, 0.4) is 0 Å². The second-order valence-electron chi connectivity index (χ2n) is 8.26. The first-order chi connectivity index (χ1) is 17.6. The smallest absolute Gasteiger partial charge is 0.258 e. The Labute approximate surface area is 209 Å². The van der Waals surface area contributed by atoms with Gasteiger partial charge in [0.15, 0.2) is 11.5 Å². The molecule has 0 saturated carbocycles. The third kappa shape index (κ3) is 4.93. The van der Waals surface area contributed by atoms with Crippen molar-refractivity contribution in [2.45, 2.75) is 6.92 Å². The van der Waals surface area contributed by atoms with E-state index in [9.17, 15) is 9.59 Å². The summed E-state index contributed by atoms with van der Waals surface area (Å²) in [5, 5.41) is 7.57. The largest absolute Gasteiger partial charge is 0.486 e. The Morgan fingerprint density at radius 1 is 0.944 bits per heavy atom. The normalized spacial score (nSPS) is 12.1. The summed E-state index contributed by atoms with van der Waals surface area (Å²) in [7, 11) is 0. The van der Waals surface area contributed by atoms with E-state index in [1.165, 1.54) is 4.90 Å². The minimum absolute atomic E-state index is 0.103. The van der Waals surface area contributed by atoms with Gasteiger partial charge in [0.2, 0.25) is 5.91 Å². The molecule has 182 valence electrons. The average Bonchev–Trinajstić information content (AvgIpc) is 3.38. The predicted octanol–water partition coefficient (Wildman–Crippen LogP) is 4.41. The lowest BCUT2D eigenvalue weighted by atomic mass is 10.1. The lowest BCUT2D eigenvalue weighted by Gasteiger charge is -2.21. The summed E-state index contributed by atoms with van der Waals surface area (Å²) in [5.41, 5.74) is 3.24. The number of likely N-dealkylation sites (N-methyl/N-ethyl adjacent to an activating group) is 1. The van der Waals surface area contributed by atoms with Crippen LogP contribution in [0, 0.1) is 0 Å². The van der Waals surface area contributed by atoms with Crippen molar-refractivity contribution in [3.8, 4) is 28.4 Å². The Balaban J connectivity index is 1.38. The number of carbonyl (C=O) groups is 2. The van der Waals surface area contributed by atoms with Crippen molar-refractivity contribution < 1.29 is 19.1 Å². The Morgan fingerprint density at radius 3 is 2.36 bits per heavy atom. The highest BCUT2D eigenvalue weighted by atomic mass is 16.6. The maximum Gasteiger partial charge on any atom is 0.258 e. The van der Waals surface area contributed by atoms with Gasteiger partial charge in [0, 0.05) is 30.1 Å². The Hall–Kier alpha value is -4.59. The number of nitrogens with zero attached hydrogens (tertiary/aromatic N) is 3. The van der Waals surface area contributed by atoms with Crippen LogP contribution in [0.25, 0.3) is 16.9 Å². The number of carbonyl (C=O) groups excluding carboxylic acids is 2. The molecule has 1 N–H and O–H groups in total. The van der Waals surface area contributed by atoms with E-state index >= 15 is 0 Å². The fraction of sp³-hybridized carbons (Fsp3) is 0.179. The molecule has 0 fully saturated rings. The molecule has 0 spiro atoms. The van der Waals surface area contributed by atoms with E-state index in [0.717, 1.165) is 11.3 Å². The zero-order chi connectivity index (χ0) is 24.9. The van der Waals surface area contributed by atoms with Gasteiger partial charge >= 0.3 is 0 Å². The van der Waals surface area contributed by atoms with Crippen molar-refractivity contribution >= 4 is 17.5 Å². The maximum absolute atomic E-state index is 13.7. The highest BCUT2D eigenvalue weighted by Gasteiger charge is 2.24. The summed E-state index contributed by atoms with van der Waals surface area (Å²) >= 11 is 0. The molecule has 0 bridgehead atoms. The van der Waals surface area contributed by atoms with Crippen LogP contribution in [0.15, 0.2) is 85.1 Å². The van der Waals surface area contributed by atoms with Crippen LogP contribution in [0.1, 0.15) is 17.3 Å². The number of fused-ring (bicyclic) bond motifs is 1. The molecule has 0 atom stereocenters. The number of anilines is 1. The van der Waals surface area contributed by atoms with Crippen LogP contribution < -0.4 is 14.8 Å². The molecule has 8 nitrogen and oxygen atoms in total. The van der Waals surface area contributed by atoms with Crippen LogP contribution >= 0.6 is 0 Å². The van der Waals surface area contributed by atoms with Gasteiger partial charge in [-0.05, 0) is 31.2 Å². The topological polar surface area (TPSA) is 85.7 Å². The lowest BCUT2D eigenvalue weighted by Crippen LogP contribution is -2.38. The Bertz CT molecular complexity index is 1370. The molecule has 1 aliphatic rings. The number of hydrogen-bond donors (Lipinski definition) is 1. The van der Waals surface area contributed by atoms with Crippen LogP contribution in [0.2, 0.25) is 0 Å². The first-order valence-electron chi connectivity index (χ1n) is 11.8. The first kappa shape index (κ1) is 23.2. The molecule has 3 aromatic carbocycles. The first-order valence-corrected chi connectivity index (χ1v) is 11.8. The fourth-order valence-corrected chi connectivity index (χ4v) is 4.05. The van der Waals surface area contributed by atoms with Gasteiger partial charge < -0.3 is 19.7 Å². The number of ether oxygens (including phenoxy) is 2. The molecule has 2 amide bonds. The molecular weight excluding hydrogens is 456 g/mol. The summed E-state index contributed by atoms with van der Waals surface area (Å²) in [4.78, 5) is 28.0. The van der Waals surface area contributed by atoms with Crippen molar-refractivity contribution in [3.63, 3.8) is 0 Å². The number of rotatable bonds is 7. The number of hydrogen-bond acceptors (Lipinski definition) is 5. The highest BCUT2D eigenvalue weighted by Crippen LogP contribution is 2.32. The molecule has 1 aromatic heterocycles. The highest BCUT2D eigenvalue weighted by molar-refractivity contribution is 6.03. The predicted molar refractivity (Wildman–Crippen MR) is 137 cm³/mol. The SMILES string of the molecule is CCN(CC(=O)Nc1ccc2c(c1)OCCO2)C(=O)c1cn(-c2ccccc2)nc1-c1ccccc1. The van der Waals surface area contributed by atoms with Gasteiger partial charge in [-0.1, -0.05) is 48.5 Å². The number of benzene rings is 3. The number of aromatic nitrogens is 2. The van der Waals surface area contributed by atoms with Gasteiger partial charge in [0.25, 0.3) is 5.91 Å². The van der Waals surface area contributed by atoms with Crippen molar-refractivity contribution in [2.24, 2.45) is 0 Å². The minimum atomic E-state index is -0.307. The van der Waals surface area contributed by atoms with Gasteiger partial charge in [-0.3, -0.25) is 9.59 Å². The molecule has 0 aliphatic carbocycles. The zero-order valence-electron chi connectivity index (χ0n) is 19.9. The van der Waals surface area contributed by atoms with E-state index in [2.05, 4.69) is 5.32 Å². The molecule has 1 aliphatic heterocycles. The summed E-state index contributed by atoms with van der Waals surface area (Å²) in [5.74, 6) is 0.659. The molecule has 5 rings (SSSR count). The molecule has 0 radical (unpaired) electrons. The quantitative estimate of drug-likeness (QED) is 0.422. The van der Waals surface area contributed by atoms with Crippen molar-refractivity contribution in [1.29, 1.82) is 0 Å². The van der Waals surface area contributed by atoms with Crippen LogP contribution in [-0.2, 0) is 4.79 Å². The molecule has 2 heterocycles. The van der Waals surface area contributed by atoms with E-state index in [1.807, 2.05) is 67.6 Å². The molecular formula is C28H26N4O4. The minimum Gasteiger partial charge on any atom is -0.486 e. The number of amides is 2. The van der Waals surface area contributed by atoms with Crippen molar-refractivity contribution in [1.82, 2.24) is 14.7 Å². The maximum atomic E-state index is 13.7. The third-order valence-corrected chi connectivity index (χ3v) is 5.84. The van der Waals surface area contributed by atoms with Gasteiger partial charge in [0.05, 0.1) is 11.3 Å². The van der Waals surface area contributed by atoms with Crippen LogP contribution in [0.5, 0.6) is 11.5 Å². The van der Waals surface area contributed by atoms with Gasteiger partial charge in [-0.2, -0.15) is 5.10 Å². The fourth-order valence-electron chi connectivity index (χ4n) is 4.05. The summed E-state index contributed by atoms with van der Waals surface area (Å²) in [6, 6.07) is 24.4. The van der Waals surface area contributed by atoms with E-state index < -0.39 is 0 Å². The average molecular weight is 483 g/mol.